The van der Waals surface area contributed by atoms with Gasteiger partial charge >= 0.3 is 0 Å². The third kappa shape index (κ3) is 3.12. The van der Waals surface area contributed by atoms with Crippen LogP contribution >= 0.6 is 0 Å². The van der Waals surface area contributed by atoms with Crippen LogP contribution in [0.5, 0.6) is 0 Å². The first-order chi connectivity index (χ1) is 13.3. The Bertz CT molecular complexity index is 975. The summed E-state index contributed by atoms with van der Waals surface area (Å²) in [5.74, 6) is -2.67. The van der Waals surface area contributed by atoms with E-state index in [0.717, 1.165) is 11.8 Å². The number of hydrogen-bond donors (Lipinski definition) is 1. The number of carbonyl (C=O) groups excluding carboxylic acids is 2. The van der Waals surface area contributed by atoms with Crippen LogP contribution in [0.3, 0.4) is 0 Å². The Morgan fingerprint density at radius 3 is 2.61 bits per heavy atom. The number of rotatable bonds is 4. The molecule has 1 aromatic carbocycles. The highest BCUT2D eigenvalue weighted by Gasteiger charge is 2.57. The summed E-state index contributed by atoms with van der Waals surface area (Å²) in [7, 11) is 0. The van der Waals surface area contributed by atoms with Crippen LogP contribution in [0, 0.1) is 17.5 Å². The highest BCUT2D eigenvalue weighted by molar-refractivity contribution is 5.95. The van der Waals surface area contributed by atoms with E-state index in [2.05, 4.69) is 10.3 Å². The summed E-state index contributed by atoms with van der Waals surface area (Å²) in [6.07, 6.45) is 1.94. The first-order valence-corrected chi connectivity index (χ1v) is 9.00. The molecule has 0 unspecified atom stereocenters. The van der Waals surface area contributed by atoms with Crippen molar-refractivity contribution in [1.29, 1.82) is 0 Å². The van der Waals surface area contributed by atoms with E-state index < -0.39 is 34.9 Å². The zero-order valence-electron chi connectivity index (χ0n) is 15.1. The van der Waals surface area contributed by atoms with Gasteiger partial charge in [0.05, 0.1) is 24.4 Å². The number of pyridine rings is 1. The molecule has 0 bridgehead atoms. The van der Waals surface area contributed by atoms with E-state index in [1.807, 2.05) is 0 Å². The molecule has 2 heterocycles. The summed E-state index contributed by atoms with van der Waals surface area (Å²) in [6.45, 7) is 1.69. The number of nitrogens with one attached hydrogen (secondary N) is 1. The highest BCUT2D eigenvalue weighted by atomic mass is 19.1. The van der Waals surface area contributed by atoms with Crippen LogP contribution in [0.1, 0.15) is 42.6 Å². The highest BCUT2D eigenvalue weighted by Crippen LogP contribution is 2.45. The lowest BCUT2D eigenvalue weighted by Gasteiger charge is -2.35. The molecule has 5 nitrogen and oxygen atoms in total. The molecule has 0 saturated heterocycles. The molecule has 146 valence electrons. The van der Waals surface area contributed by atoms with Crippen molar-refractivity contribution in [1.82, 2.24) is 15.2 Å². The molecule has 2 aromatic rings. The Kier molecular flexibility index (Phi) is 4.36. The fraction of sp³-hybridized carbons (Fsp3) is 0.350. The molecule has 8 heteroatoms. The zero-order chi connectivity index (χ0) is 20.1. The molecule has 1 atom stereocenters. The second-order valence-electron chi connectivity index (χ2n) is 7.32. The standard InChI is InChI=1S/C20H18F3N3O2/c1-11(18-16(23)8-15(22)9-24-18)25-19(28)20(4-5-20)26-10-13-6-14(21)3-2-12(13)7-17(26)27/h2-3,6,8-9,11H,4-5,7,10H2,1H3,(H,25,28)/t11-/m1/s1. The van der Waals surface area contributed by atoms with E-state index in [1.54, 1.807) is 13.0 Å². The number of halogens is 3. The molecule has 1 fully saturated rings. The van der Waals surface area contributed by atoms with Gasteiger partial charge in [0.25, 0.3) is 0 Å². The van der Waals surface area contributed by atoms with Gasteiger partial charge < -0.3 is 10.2 Å². The molecular weight excluding hydrogens is 371 g/mol. The molecule has 1 aliphatic carbocycles. The van der Waals surface area contributed by atoms with Gasteiger partial charge in [-0.3, -0.25) is 14.6 Å². The van der Waals surface area contributed by atoms with Crippen LogP contribution in [0.25, 0.3) is 0 Å². The lowest BCUT2D eigenvalue weighted by molar-refractivity contribution is -0.143. The number of fused-ring (bicyclic) bond motifs is 1. The van der Waals surface area contributed by atoms with Gasteiger partial charge in [-0.2, -0.15) is 0 Å². The van der Waals surface area contributed by atoms with Crippen molar-refractivity contribution < 1.29 is 22.8 Å². The van der Waals surface area contributed by atoms with Crippen molar-refractivity contribution in [3.63, 3.8) is 0 Å². The maximum absolute atomic E-state index is 13.9. The second-order valence-corrected chi connectivity index (χ2v) is 7.32. The van der Waals surface area contributed by atoms with E-state index in [4.69, 9.17) is 0 Å². The minimum atomic E-state index is -1.02. The van der Waals surface area contributed by atoms with E-state index in [1.165, 1.54) is 17.0 Å². The first-order valence-electron chi connectivity index (χ1n) is 9.00. The number of nitrogens with zero attached hydrogens (tertiary/aromatic N) is 2. The average molecular weight is 389 g/mol. The van der Waals surface area contributed by atoms with Gasteiger partial charge in [-0.25, -0.2) is 13.2 Å². The van der Waals surface area contributed by atoms with Crippen molar-refractivity contribution in [2.24, 2.45) is 0 Å². The van der Waals surface area contributed by atoms with Crippen LogP contribution in [-0.4, -0.2) is 27.2 Å². The van der Waals surface area contributed by atoms with Crippen LogP contribution in [0.15, 0.2) is 30.5 Å². The largest absolute Gasteiger partial charge is 0.346 e. The average Bonchev–Trinajstić information content (AvgIpc) is 3.43. The Morgan fingerprint density at radius 2 is 1.93 bits per heavy atom. The summed E-state index contributed by atoms with van der Waals surface area (Å²) in [6, 6.07) is 4.19. The number of hydrogen-bond acceptors (Lipinski definition) is 3. The van der Waals surface area contributed by atoms with Gasteiger partial charge in [0.15, 0.2) is 0 Å². The first kappa shape index (κ1) is 18.5. The SMILES string of the molecule is C[C@@H](NC(=O)C1(N2Cc3cc(F)ccc3CC2=O)CC1)c1ncc(F)cc1F. The van der Waals surface area contributed by atoms with Gasteiger partial charge in [0, 0.05) is 12.6 Å². The molecule has 1 N–H and O–H groups in total. The molecule has 1 saturated carbocycles. The van der Waals surface area contributed by atoms with E-state index in [-0.39, 0.29) is 24.6 Å². The summed E-state index contributed by atoms with van der Waals surface area (Å²) in [5.41, 5.74) is 0.331. The minimum Gasteiger partial charge on any atom is -0.346 e. The topological polar surface area (TPSA) is 62.3 Å². The Morgan fingerprint density at radius 1 is 1.18 bits per heavy atom. The Balaban J connectivity index is 1.53. The van der Waals surface area contributed by atoms with Gasteiger partial charge in [-0.1, -0.05) is 6.07 Å². The summed E-state index contributed by atoms with van der Waals surface area (Å²) in [4.78, 5) is 30.7. The zero-order valence-corrected chi connectivity index (χ0v) is 15.1. The lowest BCUT2D eigenvalue weighted by atomic mass is 9.96. The predicted molar refractivity (Wildman–Crippen MR) is 93.3 cm³/mol. The molecule has 1 aromatic heterocycles. The lowest BCUT2D eigenvalue weighted by Crippen LogP contribution is -2.53. The second kappa shape index (κ2) is 6.61. The fourth-order valence-corrected chi connectivity index (χ4v) is 3.70. The molecule has 2 aliphatic rings. The van der Waals surface area contributed by atoms with Crippen molar-refractivity contribution in [2.75, 3.05) is 0 Å². The number of amides is 2. The molecule has 0 radical (unpaired) electrons. The molecule has 0 spiro atoms. The van der Waals surface area contributed by atoms with E-state index in [0.29, 0.717) is 24.5 Å². The van der Waals surface area contributed by atoms with Gasteiger partial charge in [0.2, 0.25) is 11.8 Å². The van der Waals surface area contributed by atoms with Gasteiger partial charge in [-0.05, 0) is 43.0 Å². The maximum Gasteiger partial charge on any atom is 0.246 e. The number of aromatic nitrogens is 1. The van der Waals surface area contributed by atoms with Crippen LogP contribution in [0.4, 0.5) is 13.2 Å². The normalized spacial score (nSPS) is 18.4. The summed E-state index contributed by atoms with van der Waals surface area (Å²) in [5, 5.41) is 2.68. The van der Waals surface area contributed by atoms with E-state index in [9.17, 15) is 22.8 Å². The van der Waals surface area contributed by atoms with Crippen LogP contribution < -0.4 is 5.32 Å². The van der Waals surface area contributed by atoms with Crippen LogP contribution in [0.2, 0.25) is 0 Å². The van der Waals surface area contributed by atoms with Crippen molar-refractivity contribution in [3.8, 4) is 0 Å². The van der Waals surface area contributed by atoms with Gasteiger partial charge in [0.1, 0.15) is 23.0 Å². The third-order valence-electron chi connectivity index (χ3n) is 5.40. The van der Waals surface area contributed by atoms with Crippen molar-refractivity contribution in [3.05, 3.63) is 64.7 Å². The number of benzene rings is 1. The van der Waals surface area contributed by atoms with Crippen molar-refractivity contribution >= 4 is 11.8 Å². The Labute approximate surface area is 159 Å². The van der Waals surface area contributed by atoms with E-state index >= 15 is 0 Å². The minimum absolute atomic E-state index is 0.0806. The molecule has 4 rings (SSSR count). The fourth-order valence-electron chi connectivity index (χ4n) is 3.70. The maximum atomic E-state index is 13.9. The number of carbonyl (C=O) groups is 2. The molecule has 1 aliphatic heterocycles. The monoisotopic (exact) mass is 389 g/mol. The Hall–Kier alpha value is -2.90. The molecule has 2 amide bonds. The quantitative estimate of drug-likeness (QED) is 0.875. The predicted octanol–water partition coefficient (Wildman–Crippen LogP) is 2.79. The van der Waals surface area contributed by atoms with Crippen molar-refractivity contribution in [2.45, 2.75) is 44.3 Å². The third-order valence-corrected chi connectivity index (χ3v) is 5.40. The smallest absolute Gasteiger partial charge is 0.246 e. The summed E-state index contributed by atoms with van der Waals surface area (Å²) >= 11 is 0. The van der Waals surface area contributed by atoms with Crippen LogP contribution in [-0.2, 0) is 22.6 Å². The molecule has 28 heavy (non-hydrogen) atoms. The summed E-state index contributed by atoms with van der Waals surface area (Å²) < 4.78 is 40.5. The van der Waals surface area contributed by atoms with Gasteiger partial charge in [-0.15, -0.1) is 0 Å². The molecular formula is C20H18F3N3O2.